The molecule has 7 heteroatoms. The normalized spacial score (nSPS) is 16.8. The van der Waals surface area contributed by atoms with E-state index in [4.69, 9.17) is 0 Å². The van der Waals surface area contributed by atoms with Crippen molar-refractivity contribution in [3.63, 3.8) is 0 Å². The molecule has 0 aliphatic carbocycles. The van der Waals surface area contributed by atoms with Gasteiger partial charge in [0.15, 0.2) is 15.8 Å². The second-order valence-electron chi connectivity index (χ2n) is 7.25. The van der Waals surface area contributed by atoms with Crippen LogP contribution in [0.15, 0.2) is 28.1 Å². The summed E-state index contributed by atoms with van der Waals surface area (Å²) in [7, 11) is -3.18. The lowest BCUT2D eigenvalue weighted by atomic mass is 10.1. The molecule has 1 heterocycles. The van der Waals surface area contributed by atoms with E-state index in [1.807, 2.05) is 19.1 Å². The van der Waals surface area contributed by atoms with Crippen LogP contribution in [0.3, 0.4) is 0 Å². The molecule has 0 saturated carbocycles. The average molecular weight is 395 g/mol. The topological polar surface area (TPSA) is 73.8 Å². The summed E-state index contributed by atoms with van der Waals surface area (Å²) in [5.41, 5.74) is 1.77. The molecule has 27 heavy (non-hydrogen) atoms. The van der Waals surface area contributed by atoms with Gasteiger partial charge in [0, 0.05) is 25.9 Å². The molecule has 6 nitrogen and oxygen atoms in total. The standard InChI is InChI=1S/C20H34N4O2S/c1-4-21-20(22-11-14-24-12-7-5-6-8-13-24)23-16-18-9-10-19(17(2)15-18)27(3,25)26/h9-10,15H,4-8,11-14,16H2,1-3H3,(H2,21,22,23). The van der Waals surface area contributed by atoms with Crippen molar-refractivity contribution >= 4 is 15.8 Å². The first-order valence-corrected chi connectivity index (χ1v) is 11.8. The van der Waals surface area contributed by atoms with Gasteiger partial charge < -0.3 is 15.5 Å². The molecule has 0 amide bonds. The fraction of sp³-hybridized carbons (Fsp3) is 0.650. The highest BCUT2D eigenvalue weighted by Crippen LogP contribution is 2.17. The zero-order valence-corrected chi connectivity index (χ0v) is 17.7. The zero-order chi connectivity index (χ0) is 19.7. The van der Waals surface area contributed by atoms with Crippen LogP contribution in [-0.4, -0.2) is 58.3 Å². The Bertz CT molecular complexity index is 723. The van der Waals surface area contributed by atoms with E-state index < -0.39 is 9.84 Å². The number of benzene rings is 1. The summed E-state index contributed by atoms with van der Waals surface area (Å²) < 4.78 is 23.5. The monoisotopic (exact) mass is 394 g/mol. The first kappa shape index (κ1) is 21.7. The zero-order valence-electron chi connectivity index (χ0n) is 16.9. The highest BCUT2D eigenvalue weighted by molar-refractivity contribution is 7.90. The van der Waals surface area contributed by atoms with Crippen LogP contribution in [0.1, 0.15) is 43.7 Å². The third-order valence-corrected chi connectivity index (χ3v) is 6.08. The molecule has 2 rings (SSSR count). The number of likely N-dealkylation sites (tertiary alicyclic amines) is 1. The van der Waals surface area contributed by atoms with Gasteiger partial charge in [-0.1, -0.05) is 25.0 Å². The molecule has 1 fully saturated rings. The number of nitrogens with one attached hydrogen (secondary N) is 2. The van der Waals surface area contributed by atoms with Crippen LogP contribution in [0.4, 0.5) is 0 Å². The van der Waals surface area contributed by atoms with Crippen molar-refractivity contribution in [1.82, 2.24) is 15.5 Å². The predicted molar refractivity (Wildman–Crippen MR) is 112 cm³/mol. The van der Waals surface area contributed by atoms with Gasteiger partial charge in [-0.05, 0) is 57.0 Å². The van der Waals surface area contributed by atoms with Gasteiger partial charge in [0.25, 0.3) is 0 Å². The molecule has 1 aromatic rings. The second-order valence-corrected chi connectivity index (χ2v) is 9.23. The molecule has 0 unspecified atom stereocenters. The molecular weight excluding hydrogens is 360 g/mol. The molecule has 0 radical (unpaired) electrons. The van der Waals surface area contributed by atoms with Gasteiger partial charge in [-0.3, -0.25) is 0 Å². The molecule has 2 N–H and O–H groups in total. The maximum atomic E-state index is 11.7. The summed E-state index contributed by atoms with van der Waals surface area (Å²) in [6.07, 6.45) is 6.55. The Hall–Kier alpha value is -1.60. The number of hydrogen-bond acceptors (Lipinski definition) is 4. The fourth-order valence-electron chi connectivity index (χ4n) is 3.43. The van der Waals surface area contributed by atoms with E-state index in [1.165, 1.54) is 45.0 Å². The van der Waals surface area contributed by atoms with E-state index in [0.29, 0.717) is 11.4 Å². The third kappa shape index (κ3) is 7.50. The van der Waals surface area contributed by atoms with Crippen LogP contribution >= 0.6 is 0 Å². The smallest absolute Gasteiger partial charge is 0.191 e. The fourth-order valence-corrected chi connectivity index (χ4v) is 4.39. The van der Waals surface area contributed by atoms with Crippen molar-refractivity contribution in [3.05, 3.63) is 29.3 Å². The van der Waals surface area contributed by atoms with Gasteiger partial charge in [-0.15, -0.1) is 0 Å². The van der Waals surface area contributed by atoms with Crippen molar-refractivity contribution in [2.24, 2.45) is 4.99 Å². The van der Waals surface area contributed by atoms with Crippen molar-refractivity contribution < 1.29 is 8.42 Å². The maximum Gasteiger partial charge on any atom is 0.191 e. The van der Waals surface area contributed by atoms with Crippen LogP contribution in [0.5, 0.6) is 0 Å². The summed E-state index contributed by atoms with van der Waals surface area (Å²) >= 11 is 0. The number of aryl methyl sites for hydroxylation is 1. The Morgan fingerprint density at radius 3 is 2.44 bits per heavy atom. The molecule has 0 atom stereocenters. The van der Waals surface area contributed by atoms with Crippen LogP contribution in [0.25, 0.3) is 0 Å². The minimum absolute atomic E-state index is 0.387. The van der Waals surface area contributed by atoms with Crippen molar-refractivity contribution in [1.29, 1.82) is 0 Å². The summed E-state index contributed by atoms with van der Waals surface area (Å²) in [6.45, 7) is 9.50. The van der Waals surface area contributed by atoms with E-state index in [0.717, 1.165) is 36.7 Å². The SMILES string of the molecule is CCNC(=NCc1ccc(S(C)(=O)=O)c(C)c1)NCCN1CCCCCC1. The van der Waals surface area contributed by atoms with Crippen LogP contribution in [-0.2, 0) is 16.4 Å². The molecule has 1 saturated heterocycles. The second kappa shape index (κ2) is 10.7. The Balaban J connectivity index is 1.91. The number of guanidine groups is 1. The minimum Gasteiger partial charge on any atom is -0.357 e. The first-order valence-electron chi connectivity index (χ1n) is 9.94. The lowest BCUT2D eigenvalue weighted by Crippen LogP contribution is -2.41. The third-order valence-electron chi connectivity index (χ3n) is 4.82. The van der Waals surface area contributed by atoms with Gasteiger partial charge >= 0.3 is 0 Å². The van der Waals surface area contributed by atoms with E-state index in [1.54, 1.807) is 6.07 Å². The Morgan fingerprint density at radius 2 is 1.85 bits per heavy atom. The Kier molecular flexibility index (Phi) is 8.57. The van der Waals surface area contributed by atoms with Crippen LogP contribution in [0.2, 0.25) is 0 Å². The summed E-state index contributed by atoms with van der Waals surface area (Å²) in [5.74, 6) is 0.803. The predicted octanol–water partition coefficient (Wildman–Crippen LogP) is 2.33. The molecule has 1 aliphatic heterocycles. The summed E-state index contributed by atoms with van der Waals surface area (Å²) in [6, 6.07) is 5.42. The Morgan fingerprint density at radius 1 is 1.15 bits per heavy atom. The summed E-state index contributed by atoms with van der Waals surface area (Å²) in [5, 5.41) is 6.69. The number of aliphatic imine (C=N–C) groups is 1. The van der Waals surface area contributed by atoms with E-state index in [9.17, 15) is 8.42 Å². The quantitative estimate of drug-likeness (QED) is 0.548. The number of sulfone groups is 1. The van der Waals surface area contributed by atoms with Crippen LogP contribution < -0.4 is 10.6 Å². The minimum atomic E-state index is -3.18. The molecule has 0 aromatic heterocycles. The average Bonchev–Trinajstić information content (AvgIpc) is 2.87. The molecule has 0 spiro atoms. The molecule has 152 valence electrons. The molecular formula is C20H34N4O2S. The van der Waals surface area contributed by atoms with Crippen LogP contribution in [0, 0.1) is 6.92 Å². The number of nitrogens with zero attached hydrogens (tertiary/aromatic N) is 2. The van der Waals surface area contributed by atoms with Gasteiger partial charge in [0.2, 0.25) is 0 Å². The molecule has 0 bridgehead atoms. The van der Waals surface area contributed by atoms with Gasteiger partial charge in [-0.25, -0.2) is 13.4 Å². The van der Waals surface area contributed by atoms with Crippen molar-refractivity contribution in [2.45, 2.75) is 51.0 Å². The molecule has 1 aliphatic rings. The van der Waals surface area contributed by atoms with E-state index in [-0.39, 0.29) is 0 Å². The Labute approximate surface area is 164 Å². The molecule has 1 aromatic carbocycles. The lowest BCUT2D eigenvalue weighted by Gasteiger charge is -2.20. The van der Waals surface area contributed by atoms with Gasteiger partial charge in [-0.2, -0.15) is 0 Å². The highest BCUT2D eigenvalue weighted by atomic mass is 32.2. The maximum absolute atomic E-state index is 11.7. The van der Waals surface area contributed by atoms with Gasteiger partial charge in [0.05, 0.1) is 11.4 Å². The number of hydrogen-bond donors (Lipinski definition) is 2. The van der Waals surface area contributed by atoms with Gasteiger partial charge in [0.1, 0.15) is 0 Å². The largest absolute Gasteiger partial charge is 0.357 e. The van der Waals surface area contributed by atoms with E-state index >= 15 is 0 Å². The summed E-state index contributed by atoms with van der Waals surface area (Å²) in [4.78, 5) is 7.56. The highest BCUT2D eigenvalue weighted by Gasteiger charge is 2.11. The first-order chi connectivity index (χ1) is 12.9. The lowest BCUT2D eigenvalue weighted by molar-refractivity contribution is 0.289. The van der Waals surface area contributed by atoms with Crippen molar-refractivity contribution in [2.75, 3.05) is 39.0 Å². The number of rotatable bonds is 7. The van der Waals surface area contributed by atoms with E-state index in [2.05, 4.69) is 27.4 Å². The van der Waals surface area contributed by atoms with Crippen molar-refractivity contribution in [3.8, 4) is 0 Å².